The minimum absolute atomic E-state index is 0.0682. The van der Waals surface area contributed by atoms with Gasteiger partial charge in [0.15, 0.2) is 0 Å². The van der Waals surface area contributed by atoms with E-state index in [2.05, 4.69) is 0 Å². The number of hydrogen-bond acceptors (Lipinski definition) is 2. The van der Waals surface area contributed by atoms with Crippen LogP contribution in [0.25, 0.3) is 0 Å². The van der Waals surface area contributed by atoms with Gasteiger partial charge >= 0.3 is 6.18 Å². The lowest BCUT2D eigenvalue weighted by molar-refractivity contribution is -0.137. The molecule has 0 saturated carbocycles. The molecule has 0 aromatic heterocycles. The van der Waals surface area contributed by atoms with Crippen molar-refractivity contribution in [3.8, 4) is 0 Å². The molecule has 1 rings (SSSR count). The molecule has 1 aromatic carbocycles. The number of amides is 2. The quantitative estimate of drug-likeness (QED) is 0.757. The van der Waals surface area contributed by atoms with Crippen molar-refractivity contribution in [1.82, 2.24) is 4.90 Å². The van der Waals surface area contributed by atoms with Crippen molar-refractivity contribution in [2.75, 3.05) is 24.5 Å². The van der Waals surface area contributed by atoms with Crippen LogP contribution in [0.2, 0.25) is 0 Å². The van der Waals surface area contributed by atoms with Gasteiger partial charge in [0.1, 0.15) is 6.54 Å². The van der Waals surface area contributed by atoms with E-state index in [0.717, 1.165) is 29.9 Å². The normalized spacial score (nSPS) is 11.2. The largest absolute Gasteiger partial charge is 0.416 e. The first-order valence-electron chi connectivity index (χ1n) is 7.93. The lowest BCUT2D eigenvalue weighted by Gasteiger charge is -2.27. The highest BCUT2D eigenvalue weighted by Gasteiger charge is 2.31. The van der Waals surface area contributed by atoms with Crippen molar-refractivity contribution >= 4 is 17.5 Å². The molecule has 134 valence electrons. The van der Waals surface area contributed by atoms with Gasteiger partial charge in [-0.15, -0.1) is 0 Å². The second-order valence-corrected chi connectivity index (χ2v) is 5.53. The standard InChI is InChI=1S/C17H23F3N2O2/c1-4-9-21(10-5-2)16(24)12-22(13(3)23)15-8-6-7-14(11-15)17(18,19)20/h6-8,11H,4-5,9-10,12H2,1-3H3. The zero-order valence-electron chi connectivity index (χ0n) is 14.2. The lowest BCUT2D eigenvalue weighted by atomic mass is 10.1. The smallest absolute Gasteiger partial charge is 0.341 e. The monoisotopic (exact) mass is 344 g/mol. The number of benzene rings is 1. The summed E-state index contributed by atoms with van der Waals surface area (Å²) in [4.78, 5) is 27.0. The predicted octanol–water partition coefficient (Wildman–Crippen LogP) is 3.71. The molecule has 0 N–H and O–H groups in total. The van der Waals surface area contributed by atoms with Gasteiger partial charge in [-0.2, -0.15) is 13.2 Å². The van der Waals surface area contributed by atoms with Gasteiger partial charge in [-0.05, 0) is 31.0 Å². The van der Waals surface area contributed by atoms with E-state index in [0.29, 0.717) is 13.1 Å². The van der Waals surface area contributed by atoms with Gasteiger partial charge in [-0.25, -0.2) is 0 Å². The molecule has 0 aliphatic rings. The van der Waals surface area contributed by atoms with Crippen LogP contribution in [0.4, 0.5) is 18.9 Å². The summed E-state index contributed by atoms with van der Waals surface area (Å²) in [5.41, 5.74) is -0.781. The van der Waals surface area contributed by atoms with E-state index in [1.165, 1.54) is 19.1 Å². The molecule has 0 bridgehead atoms. The molecular formula is C17H23F3N2O2. The summed E-state index contributed by atoms with van der Waals surface area (Å²) >= 11 is 0. The average molecular weight is 344 g/mol. The van der Waals surface area contributed by atoms with Crippen molar-refractivity contribution in [2.45, 2.75) is 39.8 Å². The number of halogens is 3. The molecule has 0 fully saturated rings. The molecule has 0 saturated heterocycles. The van der Waals surface area contributed by atoms with E-state index in [-0.39, 0.29) is 18.1 Å². The molecule has 0 aliphatic heterocycles. The molecule has 0 radical (unpaired) electrons. The number of nitrogens with zero attached hydrogens (tertiary/aromatic N) is 2. The van der Waals surface area contributed by atoms with E-state index < -0.39 is 17.6 Å². The van der Waals surface area contributed by atoms with Gasteiger partial charge in [0.25, 0.3) is 0 Å². The molecule has 0 aliphatic carbocycles. The van der Waals surface area contributed by atoms with Gasteiger partial charge in [0.05, 0.1) is 5.56 Å². The summed E-state index contributed by atoms with van der Waals surface area (Å²) in [6.45, 7) is 5.95. The van der Waals surface area contributed by atoms with E-state index >= 15 is 0 Å². The minimum Gasteiger partial charge on any atom is -0.341 e. The third-order valence-electron chi connectivity index (χ3n) is 3.50. The molecule has 0 spiro atoms. The molecule has 0 unspecified atom stereocenters. The summed E-state index contributed by atoms with van der Waals surface area (Å²) in [6.07, 6.45) is -2.95. The van der Waals surface area contributed by atoms with Crippen molar-refractivity contribution in [3.05, 3.63) is 29.8 Å². The maximum Gasteiger partial charge on any atom is 0.416 e. The van der Waals surface area contributed by atoms with Crippen molar-refractivity contribution < 1.29 is 22.8 Å². The fourth-order valence-corrected chi connectivity index (χ4v) is 2.37. The van der Waals surface area contributed by atoms with E-state index in [9.17, 15) is 22.8 Å². The molecule has 7 heteroatoms. The Balaban J connectivity index is 3.03. The minimum atomic E-state index is -4.50. The highest BCUT2D eigenvalue weighted by molar-refractivity contribution is 5.97. The Morgan fingerprint density at radius 2 is 1.67 bits per heavy atom. The molecule has 4 nitrogen and oxygen atoms in total. The molecule has 2 amide bonds. The lowest BCUT2D eigenvalue weighted by Crippen LogP contribution is -2.43. The van der Waals surface area contributed by atoms with Gasteiger partial charge in [0, 0.05) is 25.7 Å². The van der Waals surface area contributed by atoms with Crippen molar-refractivity contribution in [3.63, 3.8) is 0 Å². The van der Waals surface area contributed by atoms with Gasteiger partial charge < -0.3 is 9.80 Å². The second kappa shape index (κ2) is 8.70. The Hall–Kier alpha value is -2.05. The number of alkyl halides is 3. The molecular weight excluding hydrogens is 321 g/mol. The van der Waals surface area contributed by atoms with Crippen LogP contribution in [0.1, 0.15) is 39.2 Å². The van der Waals surface area contributed by atoms with Crippen LogP contribution >= 0.6 is 0 Å². The zero-order valence-corrected chi connectivity index (χ0v) is 14.2. The fourth-order valence-electron chi connectivity index (χ4n) is 2.37. The molecule has 1 aromatic rings. The van der Waals surface area contributed by atoms with Gasteiger partial charge in [0.2, 0.25) is 11.8 Å². The first-order chi connectivity index (χ1) is 11.2. The number of carbonyl (C=O) groups excluding carboxylic acids is 2. The summed E-state index contributed by atoms with van der Waals surface area (Å²) in [6, 6.07) is 4.45. The Kier molecular flexibility index (Phi) is 7.25. The molecule has 0 atom stereocenters. The summed E-state index contributed by atoms with van der Waals surface area (Å²) < 4.78 is 38.5. The summed E-state index contributed by atoms with van der Waals surface area (Å²) in [5, 5.41) is 0. The first-order valence-corrected chi connectivity index (χ1v) is 7.93. The van der Waals surface area contributed by atoms with Crippen molar-refractivity contribution in [2.24, 2.45) is 0 Å². The van der Waals surface area contributed by atoms with Crippen LogP contribution in [-0.4, -0.2) is 36.3 Å². The zero-order chi connectivity index (χ0) is 18.3. The van der Waals surface area contributed by atoms with Gasteiger partial charge in [-0.3, -0.25) is 9.59 Å². The van der Waals surface area contributed by atoms with Crippen LogP contribution in [-0.2, 0) is 15.8 Å². The Morgan fingerprint density at radius 3 is 2.12 bits per heavy atom. The van der Waals surface area contributed by atoms with Crippen LogP contribution in [0.5, 0.6) is 0 Å². The third kappa shape index (κ3) is 5.54. The predicted molar refractivity (Wildman–Crippen MR) is 86.6 cm³/mol. The Bertz CT molecular complexity index is 567. The Morgan fingerprint density at radius 1 is 1.08 bits per heavy atom. The maximum atomic E-state index is 12.8. The first kappa shape index (κ1) is 20.0. The number of hydrogen-bond donors (Lipinski definition) is 0. The van der Waals surface area contributed by atoms with Crippen molar-refractivity contribution in [1.29, 1.82) is 0 Å². The maximum absolute atomic E-state index is 12.8. The molecule has 0 heterocycles. The topological polar surface area (TPSA) is 40.6 Å². The number of anilines is 1. The average Bonchev–Trinajstić information content (AvgIpc) is 2.51. The van der Waals surface area contributed by atoms with Crippen LogP contribution < -0.4 is 4.90 Å². The van der Waals surface area contributed by atoms with Crippen LogP contribution in [0, 0.1) is 0 Å². The number of carbonyl (C=O) groups is 2. The molecule has 24 heavy (non-hydrogen) atoms. The highest BCUT2D eigenvalue weighted by atomic mass is 19.4. The fraction of sp³-hybridized carbons (Fsp3) is 0.529. The van der Waals surface area contributed by atoms with E-state index in [4.69, 9.17) is 0 Å². The summed E-state index contributed by atoms with van der Waals surface area (Å²) in [7, 11) is 0. The van der Waals surface area contributed by atoms with Gasteiger partial charge in [-0.1, -0.05) is 19.9 Å². The SMILES string of the molecule is CCCN(CCC)C(=O)CN(C(C)=O)c1cccc(C(F)(F)F)c1. The summed E-state index contributed by atoms with van der Waals surface area (Å²) in [5.74, 6) is -0.748. The third-order valence-corrected chi connectivity index (χ3v) is 3.50. The highest BCUT2D eigenvalue weighted by Crippen LogP contribution is 2.31. The number of rotatable bonds is 7. The van der Waals surface area contributed by atoms with Crippen LogP contribution in [0.15, 0.2) is 24.3 Å². The Labute approximate surface area is 140 Å². The van der Waals surface area contributed by atoms with Crippen LogP contribution in [0.3, 0.4) is 0 Å². The second-order valence-electron chi connectivity index (χ2n) is 5.53. The van der Waals surface area contributed by atoms with E-state index in [1.54, 1.807) is 4.90 Å². The van der Waals surface area contributed by atoms with E-state index in [1.807, 2.05) is 13.8 Å².